The second kappa shape index (κ2) is 3.05. The molecule has 1 unspecified atom stereocenters. The average molecular weight is 173 g/mol. The van der Waals surface area contributed by atoms with Crippen LogP contribution in [-0.4, -0.2) is 5.91 Å². The molecule has 2 rings (SSSR count). The van der Waals surface area contributed by atoms with E-state index in [4.69, 9.17) is 5.73 Å². The predicted molar refractivity (Wildman–Crippen MR) is 51.9 cm³/mol. The molecule has 1 aliphatic carbocycles. The number of carbonyl (C=O) groups is 1. The Kier molecular flexibility index (Phi) is 1.89. The summed E-state index contributed by atoms with van der Waals surface area (Å²) in [5.41, 5.74) is 5.23. The number of hydrogen-bond acceptors (Lipinski definition) is 1. The van der Waals surface area contributed by atoms with E-state index in [0.717, 1.165) is 11.6 Å². The lowest BCUT2D eigenvalue weighted by Gasteiger charge is -2.08. The Morgan fingerprint density at radius 2 is 2.00 bits per heavy atom. The molecule has 1 aromatic carbocycles. The van der Waals surface area contributed by atoms with Crippen LogP contribution >= 0.6 is 0 Å². The number of fused-ring (bicyclic) bond motifs is 1. The lowest BCUT2D eigenvalue weighted by atomic mass is 9.97. The molecule has 0 radical (unpaired) electrons. The van der Waals surface area contributed by atoms with Gasteiger partial charge in [0, 0.05) is 0 Å². The smallest absolute Gasteiger partial charge is 0.224 e. The van der Waals surface area contributed by atoms with Crippen LogP contribution in [0.2, 0.25) is 0 Å². The molecule has 1 amide bonds. The fourth-order valence-corrected chi connectivity index (χ4v) is 1.59. The molecule has 1 atom stereocenters. The van der Waals surface area contributed by atoms with Crippen LogP contribution in [0.3, 0.4) is 0 Å². The number of primary amides is 1. The van der Waals surface area contributed by atoms with Gasteiger partial charge in [0.25, 0.3) is 0 Å². The van der Waals surface area contributed by atoms with Crippen molar-refractivity contribution in [1.82, 2.24) is 0 Å². The van der Waals surface area contributed by atoms with Crippen LogP contribution in [0.4, 0.5) is 0 Å². The first kappa shape index (κ1) is 8.05. The van der Waals surface area contributed by atoms with Gasteiger partial charge in [-0.3, -0.25) is 4.79 Å². The van der Waals surface area contributed by atoms with Crippen molar-refractivity contribution in [2.75, 3.05) is 0 Å². The van der Waals surface area contributed by atoms with Gasteiger partial charge in [-0.1, -0.05) is 36.4 Å². The van der Waals surface area contributed by atoms with Crippen LogP contribution in [0.5, 0.6) is 0 Å². The van der Waals surface area contributed by atoms with Gasteiger partial charge in [0.1, 0.15) is 0 Å². The van der Waals surface area contributed by atoms with E-state index in [0.29, 0.717) is 0 Å². The second-order valence-electron chi connectivity index (χ2n) is 3.24. The van der Waals surface area contributed by atoms with Crippen molar-refractivity contribution in [3.63, 3.8) is 0 Å². The summed E-state index contributed by atoms with van der Waals surface area (Å²) in [6, 6.07) is 8.00. The van der Waals surface area contributed by atoms with Gasteiger partial charge in [-0.05, 0) is 16.9 Å². The first-order valence-corrected chi connectivity index (χ1v) is 4.34. The Hall–Kier alpha value is -1.57. The maximum atomic E-state index is 10.9. The topological polar surface area (TPSA) is 43.1 Å². The molecule has 0 saturated carbocycles. The van der Waals surface area contributed by atoms with E-state index in [9.17, 15) is 4.79 Å². The third-order valence-electron chi connectivity index (χ3n) is 2.33. The summed E-state index contributed by atoms with van der Waals surface area (Å²) in [6.45, 7) is 0. The van der Waals surface area contributed by atoms with Gasteiger partial charge < -0.3 is 5.73 Å². The molecule has 2 N–H and O–H groups in total. The van der Waals surface area contributed by atoms with Gasteiger partial charge in [-0.15, -0.1) is 0 Å². The van der Waals surface area contributed by atoms with Gasteiger partial charge in [-0.25, -0.2) is 0 Å². The summed E-state index contributed by atoms with van der Waals surface area (Å²) < 4.78 is 0. The molecule has 0 heterocycles. The highest BCUT2D eigenvalue weighted by Gasteiger charge is 2.12. The summed E-state index contributed by atoms with van der Waals surface area (Å²) in [5, 5.41) is 2.30. The molecule has 0 aliphatic heterocycles. The van der Waals surface area contributed by atoms with Gasteiger partial charge in [0.05, 0.1) is 5.92 Å². The molecule has 2 heteroatoms. The van der Waals surface area contributed by atoms with E-state index in [1.54, 1.807) is 0 Å². The monoisotopic (exact) mass is 173 g/mol. The maximum absolute atomic E-state index is 10.9. The van der Waals surface area contributed by atoms with Crippen molar-refractivity contribution >= 4 is 18.1 Å². The summed E-state index contributed by atoms with van der Waals surface area (Å²) in [7, 11) is 0. The number of benzene rings is 1. The number of rotatable bonds is 1. The zero-order valence-electron chi connectivity index (χ0n) is 7.23. The standard InChI is InChI=1S/C11H11NO/c12-11(13)10-6-5-8-3-1-2-4-9(8)7-10/h1-5,7,10H,6H2,(H2,12,13). The van der Waals surface area contributed by atoms with Gasteiger partial charge in [0.15, 0.2) is 0 Å². The molecule has 13 heavy (non-hydrogen) atoms. The number of carbonyl (C=O) groups excluding carboxylic acids is 1. The third-order valence-corrected chi connectivity index (χ3v) is 2.33. The average Bonchev–Trinajstić information content (AvgIpc) is 2.17. The van der Waals surface area contributed by atoms with Gasteiger partial charge in [-0.2, -0.15) is 0 Å². The molecule has 0 aromatic heterocycles. The number of hydrogen-bond donors (Lipinski definition) is 1. The molecule has 2 nitrogen and oxygen atoms in total. The molecule has 0 spiro atoms. The first-order valence-electron chi connectivity index (χ1n) is 4.34. The van der Waals surface area contributed by atoms with Crippen LogP contribution in [-0.2, 0) is 4.79 Å². The second-order valence-corrected chi connectivity index (χ2v) is 3.24. The van der Waals surface area contributed by atoms with Gasteiger partial charge >= 0.3 is 0 Å². The Morgan fingerprint density at radius 1 is 1.31 bits per heavy atom. The molecule has 0 fully saturated rings. The molecule has 0 bridgehead atoms. The zero-order chi connectivity index (χ0) is 9.26. The molecule has 66 valence electrons. The fraction of sp³-hybridized carbons (Fsp3) is 0.182. The number of nitrogens with two attached hydrogens (primary N) is 1. The van der Waals surface area contributed by atoms with E-state index in [2.05, 4.69) is 6.08 Å². The molecular formula is C11H11NO. The Labute approximate surface area is 76.4 Å². The third kappa shape index (κ3) is 1.47. The molecule has 1 aromatic rings. The highest BCUT2D eigenvalue weighted by molar-refractivity contribution is 5.83. The molecule has 1 aliphatic rings. The van der Waals surface area contributed by atoms with Crippen molar-refractivity contribution in [2.24, 2.45) is 11.7 Å². The Morgan fingerprint density at radius 3 is 2.69 bits per heavy atom. The summed E-state index contributed by atoms with van der Waals surface area (Å²) in [6.07, 6.45) is 4.73. The summed E-state index contributed by atoms with van der Waals surface area (Å²) in [4.78, 5) is 10.9. The molecular weight excluding hydrogens is 162 g/mol. The Bertz CT molecular complexity index is 447. The highest BCUT2D eigenvalue weighted by Crippen LogP contribution is 2.06. The minimum absolute atomic E-state index is 0.130. The summed E-state index contributed by atoms with van der Waals surface area (Å²) >= 11 is 0. The minimum Gasteiger partial charge on any atom is -0.369 e. The van der Waals surface area contributed by atoms with Crippen LogP contribution < -0.4 is 16.2 Å². The van der Waals surface area contributed by atoms with E-state index in [1.165, 1.54) is 5.22 Å². The van der Waals surface area contributed by atoms with Crippen molar-refractivity contribution in [2.45, 2.75) is 6.42 Å². The van der Waals surface area contributed by atoms with Crippen molar-refractivity contribution in [1.29, 1.82) is 0 Å². The Balaban J connectivity index is 2.55. The largest absolute Gasteiger partial charge is 0.369 e. The van der Waals surface area contributed by atoms with Crippen LogP contribution in [0.15, 0.2) is 24.3 Å². The first-order chi connectivity index (χ1) is 6.27. The molecule has 0 saturated heterocycles. The van der Waals surface area contributed by atoms with E-state index in [-0.39, 0.29) is 11.8 Å². The van der Waals surface area contributed by atoms with Crippen molar-refractivity contribution in [3.8, 4) is 0 Å². The van der Waals surface area contributed by atoms with E-state index < -0.39 is 0 Å². The fourth-order valence-electron chi connectivity index (χ4n) is 1.59. The highest BCUT2D eigenvalue weighted by atomic mass is 16.1. The van der Waals surface area contributed by atoms with E-state index in [1.807, 2.05) is 30.3 Å². The lowest BCUT2D eigenvalue weighted by Crippen LogP contribution is -2.33. The number of amides is 1. The van der Waals surface area contributed by atoms with Crippen molar-refractivity contribution in [3.05, 3.63) is 34.7 Å². The zero-order valence-corrected chi connectivity index (χ0v) is 7.23. The van der Waals surface area contributed by atoms with Crippen molar-refractivity contribution < 1.29 is 4.79 Å². The van der Waals surface area contributed by atoms with Gasteiger partial charge in [0.2, 0.25) is 5.91 Å². The maximum Gasteiger partial charge on any atom is 0.224 e. The van der Waals surface area contributed by atoms with Crippen LogP contribution in [0.25, 0.3) is 12.2 Å². The van der Waals surface area contributed by atoms with Crippen LogP contribution in [0.1, 0.15) is 6.42 Å². The summed E-state index contributed by atoms with van der Waals surface area (Å²) in [5.74, 6) is -0.374. The normalized spacial score (nSPS) is 19.5. The van der Waals surface area contributed by atoms with E-state index >= 15 is 0 Å². The minimum atomic E-state index is -0.245. The SMILES string of the molecule is NC(=O)C1C=c2ccccc2=CC1. The quantitative estimate of drug-likeness (QED) is 0.625. The van der Waals surface area contributed by atoms with Crippen LogP contribution in [0, 0.1) is 5.92 Å². The lowest BCUT2D eigenvalue weighted by molar-refractivity contribution is -0.119. The predicted octanol–water partition coefficient (Wildman–Crippen LogP) is -0.247.